The zero-order valence-corrected chi connectivity index (χ0v) is 10.7. The molecule has 4 N–H and O–H groups in total. The van der Waals surface area contributed by atoms with Gasteiger partial charge in [-0.15, -0.1) is 0 Å². The fraction of sp³-hybridized carbons (Fsp3) is 0.429. The van der Waals surface area contributed by atoms with Crippen LogP contribution in [0.1, 0.15) is 23.1 Å². The van der Waals surface area contributed by atoms with Gasteiger partial charge in [0.05, 0.1) is 0 Å². The summed E-state index contributed by atoms with van der Waals surface area (Å²) in [6.07, 6.45) is 4.17. The van der Waals surface area contributed by atoms with Crippen molar-refractivity contribution in [3.8, 4) is 0 Å². The van der Waals surface area contributed by atoms with Gasteiger partial charge in [-0.3, -0.25) is 4.79 Å². The van der Waals surface area contributed by atoms with Crippen LogP contribution in [-0.2, 0) is 28.9 Å². The highest BCUT2D eigenvalue weighted by atomic mass is 16.4. The second kappa shape index (κ2) is 5.84. The maximum absolute atomic E-state index is 11.3. The van der Waals surface area contributed by atoms with E-state index in [-0.39, 0.29) is 0 Å². The highest BCUT2D eigenvalue weighted by molar-refractivity contribution is 6.00. The lowest BCUT2D eigenvalue weighted by Crippen LogP contribution is -2.46. The summed E-state index contributed by atoms with van der Waals surface area (Å²) in [5.74, 6) is -1.95. The molecule has 0 radical (unpaired) electrons. The number of fused-ring (bicyclic) bond motifs is 1. The lowest BCUT2D eigenvalue weighted by molar-refractivity contribution is -0.142. The summed E-state index contributed by atoms with van der Waals surface area (Å²) in [4.78, 5) is 21.9. The Kier molecular flexibility index (Phi) is 4.16. The van der Waals surface area contributed by atoms with Crippen molar-refractivity contribution >= 4 is 11.9 Å². The van der Waals surface area contributed by atoms with E-state index in [1.807, 2.05) is 0 Å². The molecule has 1 aromatic carbocycles. The second-order valence-corrected chi connectivity index (χ2v) is 4.81. The van der Waals surface area contributed by atoms with E-state index in [2.05, 4.69) is 23.5 Å². The maximum atomic E-state index is 11.3. The van der Waals surface area contributed by atoms with Crippen LogP contribution >= 0.6 is 0 Å². The van der Waals surface area contributed by atoms with E-state index in [1.54, 1.807) is 0 Å². The van der Waals surface area contributed by atoms with E-state index >= 15 is 0 Å². The third-order valence-corrected chi connectivity index (χ3v) is 3.42. The molecule has 1 aliphatic rings. The average Bonchev–Trinajstić information content (AvgIpc) is 2.84. The third-order valence-electron chi connectivity index (χ3n) is 3.42. The molecule has 2 rings (SSSR count). The van der Waals surface area contributed by atoms with E-state index in [0.29, 0.717) is 13.0 Å². The third kappa shape index (κ3) is 3.32. The Labute approximate surface area is 111 Å². The molecular formula is C14H18N2O3. The van der Waals surface area contributed by atoms with Crippen molar-refractivity contribution in [2.45, 2.75) is 31.7 Å². The normalized spacial score (nSPS) is 14.8. The lowest BCUT2D eigenvalue weighted by Gasteiger charge is -2.09. The predicted molar refractivity (Wildman–Crippen MR) is 70.8 cm³/mol. The van der Waals surface area contributed by atoms with Crippen molar-refractivity contribution in [2.75, 3.05) is 6.54 Å². The van der Waals surface area contributed by atoms with Gasteiger partial charge >= 0.3 is 5.97 Å². The molecular weight excluding hydrogens is 244 g/mol. The Balaban J connectivity index is 1.83. The molecule has 1 atom stereocenters. The van der Waals surface area contributed by atoms with Crippen molar-refractivity contribution < 1.29 is 14.7 Å². The first kappa shape index (κ1) is 13.5. The smallest absolute Gasteiger partial charge is 0.330 e. The zero-order valence-electron chi connectivity index (χ0n) is 10.7. The zero-order chi connectivity index (χ0) is 13.8. The molecule has 0 saturated carbocycles. The molecule has 1 aromatic rings. The first-order valence-corrected chi connectivity index (χ1v) is 6.44. The van der Waals surface area contributed by atoms with Crippen LogP contribution in [0.2, 0.25) is 0 Å². The van der Waals surface area contributed by atoms with Crippen LogP contribution in [-0.4, -0.2) is 29.6 Å². The number of carboxylic acid groups (broad SMARTS) is 1. The van der Waals surface area contributed by atoms with Gasteiger partial charge < -0.3 is 16.2 Å². The van der Waals surface area contributed by atoms with Crippen molar-refractivity contribution in [3.63, 3.8) is 0 Å². The summed E-state index contributed by atoms with van der Waals surface area (Å²) in [7, 11) is 0. The van der Waals surface area contributed by atoms with Crippen LogP contribution in [0, 0.1) is 0 Å². The number of hydrogen-bond acceptors (Lipinski definition) is 3. The Morgan fingerprint density at radius 3 is 2.79 bits per heavy atom. The van der Waals surface area contributed by atoms with Gasteiger partial charge in [-0.25, -0.2) is 4.79 Å². The van der Waals surface area contributed by atoms with Gasteiger partial charge in [0, 0.05) is 6.54 Å². The number of carboxylic acids is 1. The number of amides is 1. The molecule has 19 heavy (non-hydrogen) atoms. The first-order valence-electron chi connectivity index (χ1n) is 6.44. The van der Waals surface area contributed by atoms with Crippen molar-refractivity contribution in [1.29, 1.82) is 0 Å². The standard InChI is InChI=1S/C14H18N2O3/c15-12(14(18)19)13(17)16-7-6-9-4-5-10-2-1-3-11(10)8-9/h4-5,8,12H,1-3,6-7,15H2,(H,16,17)(H,18,19). The van der Waals surface area contributed by atoms with Gasteiger partial charge in [-0.2, -0.15) is 0 Å². The summed E-state index contributed by atoms with van der Waals surface area (Å²) in [6.45, 7) is 0.401. The van der Waals surface area contributed by atoms with Crippen LogP contribution in [0.5, 0.6) is 0 Å². The number of carbonyl (C=O) groups is 2. The van der Waals surface area contributed by atoms with E-state index in [9.17, 15) is 9.59 Å². The highest BCUT2D eigenvalue weighted by Gasteiger charge is 2.20. The van der Waals surface area contributed by atoms with Crippen LogP contribution in [0.4, 0.5) is 0 Å². The molecule has 0 spiro atoms. The number of rotatable bonds is 5. The molecule has 1 unspecified atom stereocenters. The SMILES string of the molecule is NC(C(=O)O)C(=O)NCCc1ccc2c(c1)CCC2. The molecule has 5 heteroatoms. The van der Waals surface area contributed by atoms with Crippen LogP contribution in [0.25, 0.3) is 0 Å². The van der Waals surface area contributed by atoms with Crippen LogP contribution < -0.4 is 11.1 Å². The molecule has 0 saturated heterocycles. The van der Waals surface area contributed by atoms with Gasteiger partial charge in [0.1, 0.15) is 0 Å². The topological polar surface area (TPSA) is 92.4 Å². The maximum Gasteiger partial charge on any atom is 0.330 e. The number of aliphatic carboxylic acids is 1. The first-order chi connectivity index (χ1) is 9.08. The minimum atomic E-state index is -1.49. The van der Waals surface area contributed by atoms with Crippen molar-refractivity contribution in [3.05, 3.63) is 34.9 Å². The summed E-state index contributed by atoms with van der Waals surface area (Å²) in [5.41, 5.74) is 9.17. The monoisotopic (exact) mass is 262 g/mol. The quantitative estimate of drug-likeness (QED) is 0.663. The van der Waals surface area contributed by atoms with Crippen molar-refractivity contribution in [2.24, 2.45) is 5.73 Å². The lowest BCUT2D eigenvalue weighted by atomic mass is 10.0. The Hall–Kier alpha value is -1.88. The van der Waals surface area contributed by atoms with E-state index in [1.165, 1.54) is 17.5 Å². The number of benzene rings is 1. The number of aryl methyl sites for hydroxylation is 2. The summed E-state index contributed by atoms with van der Waals surface area (Å²) >= 11 is 0. The van der Waals surface area contributed by atoms with Crippen LogP contribution in [0.15, 0.2) is 18.2 Å². The van der Waals surface area contributed by atoms with Gasteiger partial charge in [0.2, 0.25) is 5.91 Å². The fourth-order valence-electron chi connectivity index (χ4n) is 2.33. The fourth-order valence-corrected chi connectivity index (χ4v) is 2.33. The molecule has 0 bridgehead atoms. The average molecular weight is 262 g/mol. The minimum absolute atomic E-state index is 0.401. The van der Waals surface area contributed by atoms with Gasteiger partial charge in [-0.1, -0.05) is 18.2 Å². The van der Waals surface area contributed by atoms with Gasteiger partial charge in [-0.05, 0) is 42.4 Å². The summed E-state index contributed by atoms with van der Waals surface area (Å²) in [5, 5.41) is 11.1. The molecule has 0 aromatic heterocycles. The molecule has 1 aliphatic carbocycles. The molecule has 102 valence electrons. The molecule has 0 aliphatic heterocycles. The Bertz CT molecular complexity index is 499. The molecule has 5 nitrogen and oxygen atoms in total. The van der Waals surface area contributed by atoms with Gasteiger partial charge in [0.15, 0.2) is 6.04 Å². The number of hydrogen-bond donors (Lipinski definition) is 3. The van der Waals surface area contributed by atoms with Crippen LogP contribution in [0.3, 0.4) is 0 Å². The van der Waals surface area contributed by atoms with E-state index < -0.39 is 17.9 Å². The largest absolute Gasteiger partial charge is 0.480 e. The van der Waals surface area contributed by atoms with E-state index in [0.717, 1.165) is 18.4 Å². The van der Waals surface area contributed by atoms with Crippen molar-refractivity contribution in [1.82, 2.24) is 5.32 Å². The van der Waals surface area contributed by atoms with E-state index in [4.69, 9.17) is 10.8 Å². The second-order valence-electron chi connectivity index (χ2n) is 4.81. The number of nitrogens with two attached hydrogens (primary N) is 1. The highest BCUT2D eigenvalue weighted by Crippen LogP contribution is 2.22. The summed E-state index contributed by atoms with van der Waals surface area (Å²) in [6, 6.07) is 4.89. The molecule has 0 heterocycles. The summed E-state index contributed by atoms with van der Waals surface area (Å²) < 4.78 is 0. The molecule has 1 amide bonds. The number of nitrogens with one attached hydrogen (secondary N) is 1. The predicted octanol–water partition coefficient (Wildman–Crippen LogP) is 0.246. The Morgan fingerprint density at radius 2 is 2.05 bits per heavy atom. The number of carbonyl (C=O) groups excluding carboxylic acids is 1. The minimum Gasteiger partial charge on any atom is -0.480 e. The van der Waals surface area contributed by atoms with Gasteiger partial charge in [0.25, 0.3) is 0 Å². The Morgan fingerprint density at radius 1 is 1.32 bits per heavy atom. The molecule has 0 fully saturated rings.